The molecule has 0 aliphatic heterocycles. The Balaban J connectivity index is 3.13. The highest BCUT2D eigenvalue weighted by Gasteiger charge is 1.87. The zero-order chi connectivity index (χ0) is 5.98. The van der Waals surface area contributed by atoms with Crippen LogP contribution in [0, 0.1) is 6.92 Å². The van der Waals surface area contributed by atoms with Crippen LogP contribution in [0.25, 0.3) is 0 Å². The average molecular weight is 107 g/mol. The number of aromatic nitrogens is 1. The molecule has 0 fully saturated rings. The lowest BCUT2D eigenvalue weighted by atomic mass is 10.3. The van der Waals surface area contributed by atoms with E-state index in [2.05, 4.69) is 4.98 Å². The van der Waals surface area contributed by atoms with Crippen LogP contribution in [0.2, 0.25) is 0 Å². The van der Waals surface area contributed by atoms with Crippen molar-refractivity contribution < 1.29 is 0 Å². The Morgan fingerprint density at radius 2 is 2.38 bits per heavy atom. The first kappa shape index (κ1) is 5.09. The fourth-order valence-corrected chi connectivity index (χ4v) is 0.484. The van der Waals surface area contributed by atoms with E-state index in [9.17, 15) is 0 Å². The first-order chi connectivity index (χ1) is 3.80. The maximum Gasteiger partial charge on any atom is 0.0752 e. The lowest BCUT2D eigenvalue weighted by Crippen LogP contribution is -1.79. The van der Waals surface area contributed by atoms with Crippen LogP contribution in [-0.2, 0) is 0 Å². The van der Waals surface area contributed by atoms with Crippen molar-refractivity contribution in [2.45, 2.75) is 6.92 Å². The third kappa shape index (κ3) is 0.780. The highest BCUT2D eigenvalue weighted by molar-refractivity contribution is 5.36. The Bertz CT molecular complexity index is 163. The molecule has 0 amide bonds. The second-order valence-corrected chi connectivity index (χ2v) is 1.64. The first-order valence-corrected chi connectivity index (χ1v) is 2.44. The van der Waals surface area contributed by atoms with Gasteiger partial charge in [-0.05, 0) is 19.1 Å². The maximum atomic E-state index is 7.16. The molecule has 1 aromatic rings. The second kappa shape index (κ2) is 1.82. The molecule has 8 heavy (non-hydrogen) atoms. The van der Waals surface area contributed by atoms with Gasteiger partial charge < -0.3 is 0 Å². The van der Waals surface area contributed by atoms with E-state index in [0.29, 0.717) is 5.69 Å². The van der Waals surface area contributed by atoms with Crippen LogP contribution in [0.5, 0.6) is 0 Å². The van der Waals surface area contributed by atoms with Gasteiger partial charge in [-0.2, -0.15) is 0 Å². The molecule has 2 heteroatoms. The van der Waals surface area contributed by atoms with Gasteiger partial charge in [0.25, 0.3) is 0 Å². The molecule has 1 N–H and O–H groups in total. The van der Waals surface area contributed by atoms with Gasteiger partial charge in [-0.3, -0.25) is 10.7 Å². The summed E-state index contributed by atoms with van der Waals surface area (Å²) < 4.78 is 0. The minimum absolute atomic E-state index is 0.507. The summed E-state index contributed by atoms with van der Waals surface area (Å²) in [4.78, 5) is 3.89. The molecule has 0 aromatic carbocycles. The summed E-state index contributed by atoms with van der Waals surface area (Å²) in [6.07, 6.45) is 1.69. The summed E-state index contributed by atoms with van der Waals surface area (Å²) in [7, 11) is 0. The number of hydrogen-bond acceptors (Lipinski definition) is 1. The van der Waals surface area contributed by atoms with Crippen molar-refractivity contribution in [3.05, 3.63) is 24.0 Å². The van der Waals surface area contributed by atoms with Crippen molar-refractivity contribution in [2.75, 3.05) is 0 Å². The lowest BCUT2D eigenvalue weighted by Gasteiger charge is -1.91. The number of pyridine rings is 1. The van der Waals surface area contributed by atoms with Gasteiger partial charge in [-0.1, -0.05) is 0 Å². The first-order valence-electron chi connectivity index (χ1n) is 2.44. The van der Waals surface area contributed by atoms with E-state index < -0.39 is 0 Å². The standard InChI is InChI=1S/C6H7N2/c1-5-6(7)3-2-4-8-5/h2-4,7H,1H3. The highest BCUT2D eigenvalue weighted by atomic mass is 14.7. The van der Waals surface area contributed by atoms with Crippen LogP contribution in [0.3, 0.4) is 0 Å². The zero-order valence-electron chi connectivity index (χ0n) is 4.68. The van der Waals surface area contributed by atoms with Gasteiger partial charge in [0.15, 0.2) is 0 Å². The van der Waals surface area contributed by atoms with Crippen LogP contribution in [-0.4, -0.2) is 4.98 Å². The summed E-state index contributed by atoms with van der Waals surface area (Å²) >= 11 is 0. The second-order valence-electron chi connectivity index (χ2n) is 1.64. The van der Waals surface area contributed by atoms with E-state index in [1.807, 2.05) is 6.92 Å². The minimum atomic E-state index is 0.507. The molecule has 1 radical (unpaired) electrons. The van der Waals surface area contributed by atoms with Crippen molar-refractivity contribution in [3.8, 4) is 0 Å². The van der Waals surface area contributed by atoms with Gasteiger partial charge in [-0.25, -0.2) is 0 Å². The molecule has 0 atom stereocenters. The van der Waals surface area contributed by atoms with E-state index in [1.165, 1.54) is 0 Å². The number of nitrogens with one attached hydrogen (secondary N) is 1. The SMILES string of the molecule is Cc1ncccc1[NH]. The van der Waals surface area contributed by atoms with Crippen molar-refractivity contribution in [2.24, 2.45) is 0 Å². The van der Waals surface area contributed by atoms with Gasteiger partial charge in [0, 0.05) is 6.20 Å². The summed E-state index contributed by atoms with van der Waals surface area (Å²) in [6.45, 7) is 1.82. The van der Waals surface area contributed by atoms with Crippen molar-refractivity contribution in [1.82, 2.24) is 10.7 Å². The maximum absolute atomic E-state index is 7.16. The normalized spacial score (nSPS) is 9.12. The van der Waals surface area contributed by atoms with E-state index in [0.717, 1.165) is 5.69 Å². The molecule has 0 unspecified atom stereocenters. The summed E-state index contributed by atoms with van der Waals surface area (Å²) in [5.74, 6) is 0. The van der Waals surface area contributed by atoms with Crippen LogP contribution < -0.4 is 5.73 Å². The summed E-state index contributed by atoms with van der Waals surface area (Å²) in [6, 6.07) is 3.48. The van der Waals surface area contributed by atoms with Crippen LogP contribution in [0.15, 0.2) is 18.3 Å². The molecule has 1 heterocycles. The smallest absolute Gasteiger partial charge is 0.0752 e. The summed E-state index contributed by atoms with van der Waals surface area (Å²) in [5.41, 5.74) is 8.45. The lowest BCUT2D eigenvalue weighted by molar-refractivity contribution is 1.18. The molecule has 41 valence electrons. The van der Waals surface area contributed by atoms with Crippen molar-refractivity contribution in [1.29, 1.82) is 0 Å². The van der Waals surface area contributed by atoms with E-state index in [1.54, 1.807) is 18.3 Å². The average Bonchev–Trinajstić information content (AvgIpc) is 1.77. The molecular weight excluding hydrogens is 100 g/mol. The Kier molecular flexibility index (Phi) is 1.16. The topological polar surface area (TPSA) is 36.7 Å². The van der Waals surface area contributed by atoms with E-state index in [4.69, 9.17) is 5.73 Å². The zero-order valence-corrected chi connectivity index (χ0v) is 4.68. The van der Waals surface area contributed by atoms with Crippen LogP contribution >= 0.6 is 0 Å². The fraction of sp³-hybridized carbons (Fsp3) is 0.167. The van der Waals surface area contributed by atoms with Gasteiger partial charge in [0.2, 0.25) is 0 Å². The molecule has 1 rings (SSSR count). The van der Waals surface area contributed by atoms with Crippen molar-refractivity contribution in [3.63, 3.8) is 0 Å². The van der Waals surface area contributed by atoms with E-state index in [-0.39, 0.29) is 0 Å². The molecule has 0 aliphatic rings. The predicted octanol–water partition coefficient (Wildman–Crippen LogP) is 1.30. The molecular formula is C6H7N2. The van der Waals surface area contributed by atoms with E-state index >= 15 is 0 Å². The highest BCUT2D eigenvalue weighted by Crippen LogP contribution is 2.04. The molecule has 0 saturated carbocycles. The third-order valence-electron chi connectivity index (χ3n) is 1.01. The number of rotatable bonds is 0. The van der Waals surface area contributed by atoms with Crippen LogP contribution in [0.4, 0.5) is 5.69 Å². The van der Waals surface area contributed by atoms with Crippen LogP contribution in [0.1, 0.15) is 5.69 Å². The molecule has 0 bridgehead atoms. The third-order valence-corrected chi connectivity index (χ3v) is 1.01. The molecule has 0 aliphatic carbocycles. The molecule has 1 aromatic heterocycles. The Labute approximate surface area is 48.4 Å². The molecule has 0 spiro atoms. The van der Waals surface area contributed by atoms with Gasteiger partial charge >= 0.3 is 0 Å². The predicted molar refractivity (Wildman–Crippen MR) is 31.7 cm³/mol. The monoisotopic (exact) mass is 107 g/mol. The van der Waals surface area contributed by atoms with Gasteiger partial charge in [-0.15, -0.1) is 0 Å². The number of aryl methyl sites for hydroxylation is 1. The Morgan fingerprint density at radius 1 is 1.62 bits per heavy atom. The van der Waals surface area contributed by atoms with Gasteiger partial charge in [0.1, 0.15) is 0 Å². The quantitative estimate of drug-likeness (QED) is 0.492. The Morgan fingerprint density at radius 3 is 2.75 bits per heavy atom. The minimum Gasteiger partial charge on any atom is -0.299 e. The number of hydrogen-bond donors (Lipinski definition) is 0. The Hall–Kier alpha value is -1.05. The molecule has 0 saturated heterocycles. The molecule has 2 nitrogen and oxygen atoms in total. The number of nitrogens with zero attached hydrogens (tertiary/aromatic N) is 1. The van der Waals surface area contributed by atoms with Gasteiger partial charge in [0.05, 0.1) is 11.4 Å². The fourth-order valence-electron chi connectivity index (χ4n) is 0.484. The summed E-state index contributed by atoms with van der Waals surface area (Å²) in [5, 5.41) is 0. The van der Waals surface area contributed by atoms with Crippen molar-refractivity contribution >= 4 is 5.69 Å². The largest absolute Gasteiger partial charge is 0.299 e.